The van der Waals surface area contributed by atoms with Crippen molar-refractivity contribution < 1.29 is 0 Å². The van der Waals surface area contributed by atoms with Gasteiger partial charge in [0.1, 0.15) is 0 Å². The van der Waals surface area contributed by atoms with Crippen molar-refractivity contribution in [3.63, 3.8) is 0 Å². The van der Waals surface area contributed by atoms with Crippen LogP contribution in [0.1, 0.15) is 25.8 Å². The van der Waals surface area contributed by atoms with Crippen molar-refractivity contribution in [2.75, 3.05) is 13.1 Å². The number of hydrogen-bond donors (Lipinski definition) is 1. The minimum atomic E-state index is 0.368. The number of benzene rings is 1. The van der Waals surface area contributed by atoms with Crippen molar-refractivity contribution in [2.45, 2.75) is 25.7 Å². The third-order valence-electron chi connectivity index (χ3n) is 3.79. The molecule has 1 aromatic carbocycles. The zero-order valence-electron chi connectivity index (χ0n) is 9.09. The Labute approximate surface area is 86.5 Å². The molecule has 1 nitrogen and oxygen atoms in total. The standard InChI is InChI=1S/C13H19N/c1-11-10-14-9-8-13(11,2)12-6-4-3-5-7-12/h3-7,11,14H,8-10H2,1-2H3/t11-,13-/m0/s1. The lowest BCUT2D eigenvalue weighted by molar-refractivity contribution is 0.238. The molecule has 0 bridgehead atoms. The van der Waals surface area contributed by atoms with Gasteiger partial charge < -0.3 is 5.32 Å². The van der Waals surface area contributed by atoms with E-state index in [9.17, 15) is 0 Å². The van der Waals surface area contributed by atoms with Crippen LogP contribution in [0.25, 0.3) is 0 Å². The van der Waals surface area contributed by atoms with E-state index < -0.39 is 0 Å². The third-order valence-corrected chi connectivity index (χ3v) is 3.79. The van der Waals surface area contributed by atoms with Gasteiger partial charge in [-0.1, -0.05) is 44.2 Å². The first-order valence-corrected chi connectivity index (χ1v) is 5.50. The second-order valence-corrected chi connectivity index (χ2v) is 4.64. The minimum absolute atomic E-state index is 0.368. The van der Waals surface area contributed by atoms with E-state index in [-0.39, 0.29) is 0 Å². The number of hydrogen-bond acceptors (Lipinski definition) is 1. The Bertz CT molecular complexity index is 293. The fourth-order valence-electron chi connectivity index (χ4n) is 2.39. The molecule has 14 heavy (non-hydrogen) atoms. The molecular weight excluding hydrogens is 170 g/mol. The average Bonchev–Trinajstić information content (AvgIpc) is 2.24. The zero-order valence-corrected chi connectivity index (χ0v) is 9.09. The molecular formula is C13H19N. The van der Waals surface area contributed by atoms with Crippen molar-refractivity contribution in [2.24, 2.45) is 5.92 Å². The van der Waals surface area contributed by atoms with Crippen molar-refractivity contribution in [1.29, 1.82) is 0 Å². The van der Waals surface area contributed by atoms with Crippen LogP contribution < -0.4 is 5.32 Å². The predicted molar refractivity (Wildman–Crippen MR) is 60.4 cm³/mol. The topological polar surface area (TPSA) is 12.0 Å². The number of piperidine rings is 1. The molecule has 1 aliphatic heterocycles. The van der Waals surface area contributed by atoms with Gasteiger partial charge in [-0.2, -0.15) is 0 Å². The quantitative estimate of drug-likeness (QED) is 0.716. The van der Waals surface area contributed by atoms with Gasteiger partial charge in [0.05, 0.1) is 0 Å². The second kappa shape index (κ2) is 3.74. The van der Waals surface area contributed by atoms with Gasteiger partial charge in [-0.15, -0.1) is 0 Å². The Hall–Kier alpha value is -0.820. The minimum Gasteiger partial charge on any atom is -0.316 e. The predicted octanol–water partition coefficient (Wildman–Crippen LogP) is 2.57. The second-order valence-electron chi connectivity index (χ2n) is 4.64. The molecule has 1 saturated heterocycles. The van der Waals surface area contributed by atoms with Crippen LogP contribution in [0, 0.1) is 5.92 Å². The van der Waals surface area contributed by atoms with Crippen LogP contribution in [0.2, 0.25) is 0 Å². The normalized spacial score (nSPS) is 32.9. The van der Waals surface area contributed by atoms with Gasteiger partial charge in [-0.25, -0.2) is 0 Å². The van der Waals surface area contributed by atoms with E-state index in [1.807, 2.05) is 0 Å². The van der Waals surface area contributed by atoms with Crippen LogP contribution in [0.3, 0.4) is 0 Å². The molecule has 1 N–H and O–H groups in total. The first-order chi connectivity index (χ1) is 6.73. The van der Waals surface area contributed by atoms with E-state index >= 15 is 0 Å². The summed E-state index contributed by atoms with van der Waals surface area (Å²) in [5, 5.41) is 3.46. The van der Waals surface area contributed by atoms with Gasteiger partial charge in [0.25, 0.3) is 0 Å². The molecule has 1 heterocycles. The van der Waals surface area contributed by atoms with Crippen molar-refractivity contribution >= 4 is 0 Å². The Morgan fingerprint density at radius 2 is 2.00 bits per heavy atom. The first kappa shape index (κ1) is 9.72. The first-order valence-electron chi connectivity index (χ1n) is 5.50. The Balaban J connectivity index is 2.30. The van der Waals surface area contributed by atoms with Crippen LogP contribution in [0.15, 0.2) is 30.3 Å². The van der Waals surface area contributed by atoms with E-state index in [0.717, 1.165) is 19.0 Å². The largest absolute Gasteiger partial charge is 0.316 e. The molecule has 0 unspecified atom stereocenters. The summed E-state index contributed by atoms with van der Waals surface area (Å²) in [6.45, 7) is 7.04. The fourth-order valence-corrected chi connectivity index (χ4v) is 2.39. The maximum Gasteiger partial charge on any atom is -0.00147 e. The molecule has 0 spiro atoms. The summed E-state index contributed by atoms with van der Waals surface area (Å²) in [4.78, 5) is 0. The van der Waals surface area contributed by atoms with Crippen LogP contribution in [-0.4, -0.2) is 13.1 Å². The molecule has 2 rings (SSSR count). The molecule has 0 aliphatic carbocycles. The summed E-state index contributed by atoms with van der Waals surface area (Å²) in [5.74, 6) is 0.721. The molecule has 2 atom stereocenters. The highest BCUT2D eigenvalue weighted by Crippen LogP contribution is 2.36. The van der Waals surface area contributed by atoms with Gasteiger partial charge >= 0.3 is 0 Å². The molecule has 1 aliphatic rings. The maximum atomic E-state index is 3.46. The Morgan fingerprint density at radius 1 is 1.29 bits per heavy atom. The molecule has 0 radical (unpaired) electrons. The van der Waals surface area contributed by atoms with Gasteiger partial charge in [0.2, 0.25) is 0 Å². The summed E-state index contributed by atoms with van der Waals surface area (Å²) in [5.41, 5.74) is 1.86. The maximum absolute atomic E-state index is 3.46. The van der Waals surface area contributed by atoms with Crippen LogP contribution in [0.4, 0.5) is 0 Å². The van der Waals surface area contributed by atoms with Gasteiger partial charge in [-0.3, -0.25) is 0 Å². The lowest BCUT2D eigenvalue weighted by atomic mass is 9.68. The zero-order chi connectivity index (χ0) is 10.0. The molecule has 0 amide bonds. The van der Waals surface area contributed by atoms with Gasteiger partial charge in [-0.05, 0) is 36.4 Å². The van der Waals surface area contributed by atoms with Crippen LogP contribution in [-0.2, 0) is 5.41 Å². The summed E-state index contributed by atoms with van der Waals surface area (Å²) in [7, 11) is 0. The van der Waals surface area contributed by atoms with E-state index in [0.29, 0.717) is 5.41 Å². The van der Waals surface area contributed by atoms with E-state index in [2.05, 4.69) is 49.5 Å². The lowest BCUT2D eigenvalue weighted by Crippen LogP contribution is -2.44. The lowest BCUT2D eigenvalue weighted by Gasteiger charge is -2.40. The molecule has 76 valence electrons. The third kappa shape index (κ3) is 1.57. The molecule has 1 aromatic rings. The summed E-state index contributed by atoms with van der Waals surface area (Å²) in [6.07, 6.45) is 1.25. The summed E-state index contributed by atoms with van der Waals surface area (Å²) in [6, 6.07) is 10.9. The Kier molecular flexibility index (Phi) is 2.60. The van der Waals surface area contributed by atoms with Gasteiger partial charge in [0.15, 0.2) is 0 Å². The highest BCUT2D eigenvalue weighted by Gasteiger charge is 2.34. The highest BCUT2D eigenvalue weighted by molar-refractivity contribution is 5.26. The number of rotatable bonds is 1. The Morgan fingerprint density at radius 3 is 2.64 bits per heavy atom. The van der Waals surface area contributed by atoms with E-state index in [1.54, 1.807) is 0 Å². The monoisotopic (exact) mass is 189 g/mol. The fraction of sp³-hybridized carbons (Fsp3) is 0.538. The molecule has 0 aromatic heterocycles. The van der Waals surface area contributed by atoms with Crippen molar-refractivity contribution in [3.05, 3.63) is 35.9 Å². The molecule has 1 heteroatoms. The number of nitrogens with one attached hydrogen (secondary N) is 1. The summed E-state index contributed by atoms with van der Waals surface area (Å²) >= 11 is 0. The smallest absolute Gasteiger partial charge is 0.00147 e. The SMILES string of the molecule is C[C@H]1CNCC[C@]1(C)c1ccccc1. The van der Waals surface area contributed by atoms with Crippen molar-refractivity contribution in [3.8, 4) is 0 Å². The van der Waals surface area contributed by atoms with Crippen molar-refractivity contribution in [1.82, 2.24) is 5.32 Å². The van der Waals surface area contributed by atoms with Crippen LogP contribution in [0.5, 0.6) is 0 Å². The van der Waals surface area contributed by atoms with E-state index in [1.165, 1.54) is 12.0 Å². The molecule has 0 saturated carbocycles. The molecule has 1 fully saturated rings. The summed E-state index contributed by atoms with van der Waals surface area (Å²) < 4.78 is 0. The highest BCUT2D eigenvalue weighted by atomic mass is 14.9. The van der Waals surface area contributed by atoms with Crippen LogP contribution >= 0.6 is 0 Å². The van der Waals surface area contributed by atoms with E-state index in [4.69, 9.17) is 0 Å². The average molecular weight is 189 g/mol. The van der Waals surface area contributed by atoms with Gasteiger partial charge in [0, 0.05) is 0 Å².